The van der Waals surface area contributed by atoms with E-state index in [1.165, 1.54) is 52.7 Å². The number of nitrogens with zero attached hydrogens (tertiary/aromatic N) is 4. The Morgan fingerprint density at radius 1 is 0.756 bits per heavy atom. The number of amides is 7. The van der Waals surface area contributed by atoms with Gasteiger partial charge >= 0.3 is 0 Å². The van der Waals surface area contributed by atoms with Gasteiger partial charge in [-0.3, -0.25) is 57.3 Å². The summed E-state index contributed by atoms with van der Waals surface area (Å²) in [7, 11) is -7.31. The molecule has 0 aliphatic carbocycles. The zero-order valence-corrected chi connectivity index (χ0v) is 55.8. The molecule has 494 valence electrons. The first-order valence-electron chi connectivity index (χ1n) is 30.6. The number of hydrogen-bond donors (Lipinski definition) is 5. The second-order valence-electron chi connectivity index (χ2n) is 23.7. The number of methoxy groups -OCH3 is 1. The SMILES string of the molecule is CC[C@H](CSC1CC(=O)N(CCCC(=O)CCCCC[N+]2=C(C=CC=CC=C3N(CC)c4ccc(S(=O)(=O)O)cc4C3(C)C)C(C)(C)c3cc(S(=O)(=O)O)ccc32)C1=O)C(=O)N[C@H](CCCCNC(=O)CCN1C(=O)CC(SCCOCCOC)C1=O)C(N)=O. The highest BCUT2D eigenvalue weighted by atomic mass is 32.2. The molecule has 23 nitrogen and oxygen atoms in total. The highest BCUT2D eigenvalue weighted by Crippen LogP contribution is 2.48. The van der Waals surface area contributed by atoms with E-state index in [1.807, 2.05) is 65.0 Å². The van der Waals surface area contributed by atoms with Gasteiger partial charge in [0.05, 0.1) is 45.5 Å². The molecule has 90 heavy (non-hydrogen) atoms. The molecule has 4 aliphatic rings. The van der Waals surface area contributed by atoms with Crippen molar-refractivity contribution < 1.29 is 78.3 Å². The molecule has 4 aliphatic heterocycles. The summed E-state index contributed by atoms with van der Waals surface area (Å²) in [5, 5.41) is 4.28. The molecule has 2 aromatic carbocycles. The van der Waals surface area contributed by atoms with Crippen molar-refractivity contribution in [3.8, 4) is 0 Å². The highest BCUT2D eigenvalue weighted by Gasteiger charge is 2.46. The second kappa shape index (κ2) is 33.0. The second-order valence-corrected chi connectivity index (χ2v) is 29.1. The van der Waals surface area contributed by atoms with Crippen LogP contribution in [0.25, 0.3) is 0 Å². The summed E-state index contributed by atoms with van der Waals surface area (Å²) in [5.41, 5.74) is 9.34. The zero-order chi connectivity index (χ0) is 66.1. The largest absolute Gasteiger partial charge is 0.382 e. The number of ether oxygens (including phenoxy) is 2. The van der Waals surface area contributed by atoms with Crippen molar-refractivity contribution in [2.24, 2.45) is 11.7 Å². The van der Waals surface area contributed by atoms with Crippen molar-refractivity contribution in [2.75, 3.05) is 76.1 Å². The van der Waals surface area contributed by atoms with E-state index in [4.69, 9.17) is 15.2 Å². The lowest BCUT2D eigenvalue weighted by molar-refractivity contribution is -0.438. The quantitative estimate of drug-likeness (QED) is 0.0161. The lowest BCUT2D eigenvalue weighted by Crippen LogP contribution is -2.47. The maximum Gasteiger partial charge on any atom is 0.294 e. The summed E-state index contributed by atoms with van der Waals surface area (Å²) in [6.07, 6.45) is 13.8. The van der Waals surface area contributed by atoms with Gasteiger partial charge in [0.1, 0.15) is 18.4 Å². The third kappa shape index (κ3) is 19.0. The predicted molar refractivity (Wildman–Crippen MR) is 345 cm³/mol. The number of primary amides is 1. The number of nitrogens with one attached hydrogen (secondary N) is 2. The van der Waals surface area contributed by atoms with Gasteiger partial charge in [-0.2, -0.15) is 21.4 Å². The zero-order valence-electron chi connectivity index (χ0n) is 52.5. The van der Waals surface area contributed by atoms with Crippen LogP contribution in [0.5, 0.6) is 0 Å². The lowest BCUT2D eigenvalue weighted by Gasteiger charge is -2.25. The molecule has 0 aromatic heterocycles. The number of fused-ring (bicyclic) bond motifs is 2. The molecule has 2 unspecified atom stereocenters. The number of rotatable bonds is 38. The van der Waals surface area contributed by atoms with Crippen molar-refractivity contribution in [3.05, 3.63) is 83.6 Å². The monoisotopic (exact) mass is 1330 g/mol. The van der Waals surface area contributed by atoms with Gasteiger partial charge in [-0.15, -0.1) is 23.5 Å². The first kappa shape index (κ1) is 73.0. The van der Waals surface area contributed by atoms with Crippen LogP contribution in [-0.4, -0.2) is 181 Å². The standard InChI is InChI=1S/C63H87N7O16S4/c1-8-42(59(76)66-48(58(64)75)21-15-16-29-65-55(72)28-32-70-57(74)39-51(60(70)77)87-36-35-86-34-33-85-7)41-88-52-40-56(73)69(61(52)78)31-18-20-43(71)19-12-11-17-30-68-50-27-25-45(90(82,83)84)38-47(50)63(5,6)54(68)23-14-10-13-22-53-62(3,4)46-37-44(89(79,80)81)24-26-49(46)67(53)9-2/h10,13-14,22-27,37-38,42,48,51-52H,8-9,11-12,15-21,28-36,39-41H2,1-7H3,(H5-,64,65,66,72,75,76,79,80,81,82,83,84)/p+1/t42-,48-,51?,52?/m1/s1. The van der Waals surface area contributed by atoms with Crippen LogP contribution in [0.4, 0.5) is 11.4 Å². The van der Waals surface area contributed by atoms with E-state index < -0.39 is 65.3 Å². The molecular formula is C63H88N7O16S4+. The number of carbonyl (C=O) groups excluding carboxylic acids is 8. The van der Waals surface area contributed by atoms with Crippen LogP contribution in [0.2, 0.25) is 0 Å². The molecule has 7 amide bonds. The molecule has 4 heterocycles. The maximum absolute atomic E-state index is 13.4. The Labute approximate surface area is 537 Å². The van der Waals surface area contributed by atoms with Gasteiger partial charge < -0.3 is 30.7 Å². The number of imide groups is 2. The average molecular weight is 1330 g/mol. The van der Waals surface area contributed by atoms with Gasteiger partial charge in [-0.1, -0.05) is 39.0 Å². The van der Waals surface area contributed by atoms with Crippen LogP contribution in [0.15, 0.2) is 82.3 Å². The van der Waals surface area contributed by atoms with Crippen molar-refractivity contribution in [2.45, 2.75) is 162 Å². The third-order valence-electron chi connectivity index (χ3n) is 16.8. The molecule has 4 atom stereocenters. The number of Topliss-reactive ketones (excluding diaryl/α,β-unsaturated/α-hetero) is 1. The normalized spacial score (nSPS) is 19.3. The van der Waals surface area contributed by atoms with Gasteiger partial charge in [0.15, 0.2) is 5.71 Å². The van der Waals surface area contributed by atoms with Crippen LogP contribution in [0.1, 0.15) is 136 Å². The van der Waals surface area contributed by atoms with Crippen LogP contribution >= 0.6 is 23.5 Å². The maximum atomic E-state index is 13.4. The molecule has 6 rings (SSSR count). The van der Waals surface area contributed by atoms with Crippen LogP contribution in [-0.2, 0) is 78.9 Å². The molecule has 2 saturated heterocycles. The minimum absolute atomic E-state index is 0.00131. The topological polar surface area (TPSA) is 327 Å². The van der Waals surface area contributed by atoms with E-state index in [0.717, 1.165) is 38.8 Å². The Bertz CT molecular complexity index is 3360. The molecule has 0 bridgehead atoms. The van der Waals surface area contributed by atoms with Gasteiger partial charge in [0.2, 0.25) is 47.0 Å². The number of likely N-dealkylation sites (N-methyl/N-ethyl adjacent to an activating group) is 1. The lowest BCUT2D eigenvalue weighted by atomic mass is 9.81. The summed E-state index contributed by atoms with van der Waals surface area (Å²) < 4.78 is 80.6. The Balaban J connectivity index is 0.910. The predicted octanol–water partition coefficient (Wildman–Crippen LogP) is 6.34. The molecule has 27 heteroatoms. The van der Waals surface area contributed by atoms with Crippen LogP contribution in [0.3, 0.4) is 0 Å². The fraction of sp³-hybridized carbons (Fsp3) is 0.571. The molecule has 0 radical (unpaired) electrons. The van der Waals surface area contributed by atoms with Crippen molar-refractivity contribution in [3.63, 3.8) is 0 Å². The van der Waals surface area contributed by atoms with E-state index in [-0.39, 0.29) is 103 Å². The molecule has 6 N–H and O–H groups in total. The fourth-order valence-corrected chi connectivity index (χ4v) is 15.0. The van der Waals surface area contributed by atoms with Gasteiger partial charge in [-0.25, -0.2) is 0 Å². The van der Waals surface area contributed by atoms with E-state index in [1.54, 1.807) is 26.2 Å². The fourth-order valence-electron chi connectivity index (χ4n) is 11.6. The third-order valence-corrected chi connectivity index (χ3v) is 21.0. The molecular weight excluding hydrogens is 1240 g/mol. The minimum Gasteiger partial charge on any atom is -0.382 e. The number of anilines is 1. The van der Waals surface area contributed by atoms with Crippen molar-refractivity contribution in [1.82, 2.24) is 20.4 Å². The first-order valence-corrected chi connectivity index (χ1v) is 35.6. The number of benzene rings is 2. The summed E-state index contributed by atoms with van der Waals surface area (Å²) in [4.78, 5) is 107. The number of allylic oxidation sites excluding steroid dienone is 6. The first-order chi connectivity index (χ1) is 42.6. The Kier molecular flexibility index (Phi) is 26.7. The molecule has 2 fully saturated rings. The number of ketones is 1. The highest BCUT2D eigenvalue weighted by molar-refractivity contribution is 8.00. The summed E-state index contributed by atoms with van der Waals surface area (Å²) in [6, 6.07) is 8.18. The van der Waals surface area contributed by atoms with Gasteiger partial charge in [-0.05, 0) is 108 Å². The summed E-state index contributed by atoms with van der Waals surface area (Å²) in [5.74, 6) is -2.70. The van der Waals surface area contributed by atoms with Gasteiger partial charge in [0.25, 0.3) is 20.2 Å². The van der Waals surface area contributed by atoms with E-state index in [2.05, 4.69) is 20.1 Å². The number of unbranched alkanes of at least 4 members (excludes halogenated alkanes) is 3. The van der Waals surface area contributed by atoms with Crippen LogP contribution < -0.4 is 21.3 Å². The number of carbonyl (C=O) groups is 8. The van der Waals surface area contributed by atoms with E-state index >= 15 is 0 Å². The van der Waals surface area contributed by atoms with Gasteiger partial charge in [0, 0.05) is 124 Å². The molecule has 0 saturated carbocycles. The number of nitrogens with two attached hydrogens (primary N) is 1. The number of hydrogen-bond acceptors (Lipinski definition) is 17. The number of likely N-dealkylation sites (tertiary alicyclic amines) is 2. The molecule has 0 spiro atoms. The van der Waals surface area contributed by atoms with E-state index in [0.29, 0.717) is 90.0 Å². The molecule has 2 aromatic rings. The number of thioether (sulfide) groups is 2. The minimum atomic E-state index is -4.49. The Morgan fingerprint density at radius 2 is 1.40 bits per heavy atom. The Morgan fingerprint density at radius 3 is 2.04 bits per heavy atom. The van der Waals surface area contributed by atoms with E-state index in [9.17, 15) is 64.3 Å². The summed E-state index contributed by atoms with van der Waals surface area (Å²) >= 11 is 2.55. The smallest absolute Gasteiger partial charge is 0.294 e. The summed E-state index contributed by atoms with van der Waals surface area (Å²) in [6.45, 7) is 14.5. The van der Waals surface area contributed by atoms with Crippen molar-refractivity contribution in [1.29, 1.82) is 0 Å². The van der Waals surface area contributed by atoms with Crippen LogP contribution in [0, 0.1) is 5.92 Å². The van der Waals surface area contributed by atoms with Crippen molar-refractivity contribution >= 4 is 108 Å². The average Bonchev–Trinajstić information content (AvgIpc) is 1.60. The Hall–Kier alpha value is -6.07.